The molecule has 0 bridgehead atoms. The normalized spacial score (nSPS) is 17.3. The largest absolute Gasteiger partial charge is 0.352 e. The van der Waals surface area contributed by atoms with Crippen LogP contribution in [0.3, 0.4) is 0 Å². The Morgan fingerprint density at radius 1 is 1.30 bits per heavy atom. The molecular weight excluding hydrogens is 382 g/mol. The molecule has 1 unspecified atom stereocenters. The summed E-state index contributed by atoms with van der Waals surface area (Å²) in [6.45, 7) is 1.95. The number of rotatable bonds is 5. The number of halogens is 2. The fourth-order valence-electron chi connectivity index (χ4n) is 2.58. The summed E-state index contributed by atoms with van der Waals surface area (Å²) in [4.78, 5) is 26.0. The van der Waals surface area contributed by atoms with E-state index in [1.807, 2.05) is 24.1 Å². The number of benzene rings is 1. The molecule has 1 aromatic carbocycles. The van der Waals surface area contributed by atoms with Crippen molar-refractivity contribution in [1.82, 2.24) is 15.5 Å². The van der Waals surface area contributed by atoms with E-state index < -0.39 is 0 Å². The predicted octanol–water partition coefficient (Wildman–Crippen LogP) is 2.20. The van der Waals surface area contributed by atoms with E-state index in [4.69, 9.17) is 0 Å². The van der Waals surface area contributed by atoms with E-state index >= 15 is 0 Å². The topological polar surface area (TPSA) is 61.4 Å². The zero-order chi connectivity index (χ0) is 15.9. The molecule has 1 aliphatic heterocycles. The highest BCUT2D eigenvalue weighted by Gasteiger charge is 2.22. The van der Waals surface area contributed by atoms with Gasteiger partial charge in [0.2, 0.25) is 5.91 Å². The van der Waals surface area contributed by atoms with Gasteiger partial charge in [-0.3, -0.25) is 9.59 Å². The van der Waals surface area contributed by atoms with Crippen molar-refractivity contribution in [2.45, 2.75) is 25.3 Å². The van der Waals surface area contributed by atoms with Gasteiger partial charge in [-0.1, -0.05) is 15.9 Å². The summed E-state index contributed by atoms with van der Waals surface area (Å²) in [6, 6.07) is 7.54. The van der Waals surface area contributed by atoms with E-state index in [1.165, 1.54) is 0 Å². The van der Waals surface area contributed by atoms with Crippen LogP contribution in [0, 0.1) is 0 Å². The average Bonchev–Trinajstić information content (AvgIpc) is 2.55. The van der Waals surface area contributed by atoms with Crippen LogP contribution in [0.4, 0.5) is 0 Å². The van der Waals surface area contributed by atoms with Crippen LogP contribution in [0.5, 0.6) is 0 Å². The van der Waals surface area contributed by atoms with Gasteiger partial charge in [-0.05, 0) is 44.2 Å². The second kappa shape index (κ2) is 9.90. The molecule has 7 heteroatoms. The van der Waals surface area contributed by atoms with Crippen LogP contribution in [0.1, 0.15) is 29.6 Å². The Hall–Kier alpha value is -1.11. The van der Waals surface area contributed by atoms with Crippen molar-refractivity contribution in [3.05, 3.63) is 34.3 Å². The smallest absolute Gasteiger partial charge is 0.251 e. The fourth-order valence-corrected chi connectivity index (χ4v) is 2.85. The Kier molecular flexibility index (Phi) is 8.58. The molecule has 0 aliphatic carbocycles. The van der Waals surface area contributed by atoms with Crippen molar-refractivity contribution in [3.8, 4) is 0 Å². The van der Waals surface area contributed by atoms with Gasteiger partial charge in [-0.15, -0.1) is 12.4 Å². The van der Waals surface area contributed by atoms with Gasteiger partial charge in [0.15, 0.2) is 0 Å². The van der Waals surface area contributed by atoms with Gasteiger partial charge < -0.3 is 15.5 Å². The van der Waals surface area contributed by atoms with Gasteiger partial charge in [-0.25, -0.2) is 0 Å². The number of amides is 2. The van der Waals surface area contributed by atoms with Crippen LogP contribution in [0.2, 0.25) is 0 Å². The van der Waals surface area contributed by atoms with Gasteiger partial charge in [0.25, 0.3) is 5.91 Å². The van der Waals surface area contributed by atoms with Gasteiger partial charge in [0, 0.05) is 42.1 Å². The monoisotopic (exact) mass is 403 g/mol. The third kappa shape index (κ3) is 6.12. The van der Waals surface area contributed by atoms with E-state index in [9.17, 15) is 9.59 Å². The number of likely N-dealkylation sites (tertiary alicyclic amines) is 1. The lowest BCUT2D eigenvalue weighted by Gasteiger charge is -2.32. The lowest BCUT2D eigenvalue weighted by atomic mass is 10.1. The van der Waals surface area contributed by atoms with E-state index in [-0.39, 0.29) is 24.2 Å². The average molecular weight is 405 g/mol. The van der Waals surface area contributed by atoms with Crippen molar-refractivity contribution < 1.29 is 9.59 Å². The molecule has 1 aromatic rings. The van der Waals surface area contributed by atoms with Crippen molar-refractivity contribution in [2.24, 2.45) is 0 Å². The Balaban J connectivity index is 0.00000264. The number of hydrogen-bond donors (Lipinski definition) is 2. The summed E-state index contributed by atoms with van der Waals surface area (Å²) in [6.07, 6.45) is 2.49. The molecule has 2 rings (SSSR count). The van der Waals surface area contributed by atoms with Crippen LogP contribution in [-0.4, -0.2) is 49.4 Å². The maximum absolute atomic E-state index is 12.2. The highest BCUT2D eigenvalue weighted by molar-refractivity contribution is 9.10. The SMILES string of the molecule is CNC1CCCN(C(=O)CCNC(=O)c2ccc(Br)cc2)C1.Cl. The van der Waals surface area contributed by atoms with Crippen LogP contribution in [0.25, 0.3) is 0 Å². The molecule has 2 amide bonds. The van der Waals surface area contributed by atoms with E-state index in [0.717, 1.165) is 30.4 Å². The minimum Gasteiger partial charge on any atom is -0.352 e. The second-order valence-electron chi connectivity index (χ2n) is 5.48. The first-order chi connectivity index (χ1) is 10.6. The highest BCUT2D eigenvalue weighted by atomic mass is 79.9. The highest BCUT2D eigenvalue weighted by Crippen LogP contribution is 2.11. The molecule has 1 aliphatic rings. The van der Waals surface area contributed by atoms with E-state index in [2.05, 4.69) is 26.6 Å². The maximum atomic E-state index is 12.2. The van der Waals surface area contributed by atoms with Crippen molar-refractivity contribution >= 4 is 40.2 Å². The number of carbonyl (C=O) groups is 2. The number of hydrogen-bond acceptors (Lipinski definition) is 3. The first-order valence-electron chi connectivity index (χ1n) is 7.59. The van der Waals surface area contributed by atoms with Crippen LogP contribution in [0.15, 0.2) is 28.7 Å². The summed E-state index contributed by atoms with van der Waals surface area (Å²) in [7, 11) is 1.93. The van der Waals surface area contributed by atoms with Crippen molar-refractivity contribution in [1.29, 1.82) is 0 Å². The van der Waals surface area contributed by atoms with Crippen molar-refractivity contribution in [2.75, 3.05) is 26.7 Å². The standard InChI is InChI=1S/C16H22BrN3O2.ClH/c1-18-14-3-2-10-20(11-14)15(21)8-9-19-16(22)12-4-6-13(17)7-5-12;/h4-7,14,18H,2-3,8-11H2,1H3,(H,19,22);1H. The second-order valence-corrected chi connectivity index (χ2v) is 6.40. The van der Waals surface area contributed by atoms with Gasteiger partial charge in [0.1, 0.15) is 0 Å². The Morgan fingerprint density at radius 2 is 2.00 bits per heavy atom. The summed E-state index contributed by atoms with van der Waals surface area (Å²) in [5.41, 5.74) is 0.601. The van der Waals surface area contributed by atoms with Gasteiger partial charge in [-0.2, -0.15) is 0 Å². The van der Waals surface area contributed by atoms with Gasteiger partial charge >= 0.3 is 0 Å². The minimum absolute atomic E-state index is 0. The predicted molar refractivity (Wildman–Crippen MR) is 97.0 cm³/mol. The zero-order valence-electron chi connectivity index (χ0n) is 13.2. The zero-order valence-corrected chi connectivity index (χ0v) is 15.6. The number of nitrogens with zero attached hydrogens (tertiary/aromatic N) is 1. The number of piperidine rings is 1. The molecule has 1 heterocycles. The number of likely N-dealkylation sites (N-methyl/N-ethyl adjacent to an activating group) is 1. The van der Waals surface area contributed by atoms with Crippen LogP contribution >= 0.6 is 28.3 Å². The van der Waals surface area contributed by atoms with Crippen LogP contribution in [-0.2, 0) is 4.79 Å². The van der Waals surface area contributed by atoms with Crippen molar-refractivity contribution in [3.63, 3.8) is 0 Å². The molecule has 23 heavy (non-hydrogen) atoms. The molecule has 1 atom stereocenters. The molecule has 0 spiro atoms. The molecule has 1 saturated heterocycles. The van der Waals surface area contributed by atoms with E-state index in [1.54, 1.807) is 12.1 Å². The quantitative estimate of drug-likeness (QED) is 0.791. The molecular formula is C16H23BrClN3O2. The summed E-state index contributed by atoms with van der Waals surface area (Å²) in [5.74, 6) is -0.0388. The third-order valence-electron chi connectivity index (χ3n) is 3.91. The third-order valence-corrected chi connectivity index (χ3v) is 4.44. The first kappa shape index (κ1) is 19.9. The molecule has 2 N–H and O–H groups in total. The summed E-state index contributed by atoms with van der Waals surface area (Å²) >= 11 is 3.33. The number of carbonyl (C=O) groups excluding carboxylic acids is 2. The van der Waals surface area contributed by atoms with Gasteiger partial charge in [0.05, 0.1) is 0 Å². The lowest BCUT2D eigenvalue weighted by Crippen LogP contribution is -2.47. The molecule has 5 nitrogen and oxygen atoms in total. The molecule has 128 valence electrons. The molecule has 0 saturated carbocycles. The Labute approximate surface area is 151 Å². The Bertz CT molecular complexity index is 525. The molecule has 1 fully saturated rings. The maximum Gasteiger partial charge on any atom is 0.251 e. The summed E-state index contributed by atoms with van der Waals surface area (Å²) in [5, 5.41) is 6.02. The first-order valence-corrected chi connectivity index (χ1v) is 8.38. The molecule has 0 radical (unpaired) electrons. The fraction of sp³-hybridized carbons (Fsp3) is 0.500. The summed E-state index contributed by atoms with van der Waals surface area (Å²) < 4.78 is 0.934. The molecule has 0 aromatic heterocycles. The minimum atomic E-state index is -0.146. The number of nitrogens with one attached hydrogen (secondary N) is 2. The van der Waals surface area contributed by atoms with Crippen LogP contribution < -0.4 is 10.6 Å². The Morgan fingerprint density at radius 3 is 2.65 bits per heavy atom. The lowest BCUT2D eigenvalue weighted by molar-refractivity contribution is -0.132. The van der Waals surface area contributed by atoms with E-state index in [0.29, 0.717) is 24.6 Å².